The highest BCUT2D eigenvalue weighted by Crippen LogP contribution is 2.34. The number of benzene rings is 1. The van der Waals surface area contributed by atoms with E-state index in [1.807, 2.05) is 6.26 Å². The lowest BCUT2D eigenvalue weighted by Crippen LogP contribution is -2.27. The van der Waals surface area contributed by atoms with Gasteiger partial charge in [0, 0.05) is 29.4 Å². The molecule has 3 aromatic rings. The van der Waals surface area contributed by atoms with Crippen molar-refractivity contribution in [3.63, 3.8) is 0 Å². The lowest BCUT2D eigenvalue weighted by Gasteiger charge is -2.15. The molecule has 0 bridgehead atoms. The van der Waals surface area contributed by atoms with Crippen LogP contribution in [0.25, 0.3) is 11.1 Å². The van der Waals surface area contributed by atoms with Crippen molar-refractivity contribution >= 4 is 39.4 Å². The van der Waals surface area contributed by atoms with Crippen LogP contribution in [0.4, 0.5) is 5.82 Å². The van der Waals surface area contributed by atoms with Crippen LogP contribution in [0.2, 0.25) is 5.02 Å². The third-order valence-corrected chi connectivity index (χ3v) is 5.77. The van der Waals surface area contributed by atoms with Gasteiger partial charge in [0.25, 0.3) is 10.2 Å². The van der Waals surface area contributed by atoms with Crippen LogP contribution in [0.5, 0.6) is 11.9 Å². The van der Waals surface area contributed by atoms with Crippen LogP contribution in [0.1, 0.15) is 0 Å². The minimum atomic E-state index is -3.81. The van der Waals surface area contributed by atoms with E-state index in [1.165, 1.54) is 25.1 Å². The lowest BCUT2D eigenvalue weighted by molar-refractivity contribution is 0.201. The first-order valence-electron chi connectivity index (χ1n) is 8.85. The van der Waals surface area contributed by atoms with Crippen molar-refractivity contribution in [2.75, 3.05) is 31.2 Å². The Bertz CT molecular complexity index is 1110. The molecule has 0 aliphatic heterocycles. The van der Waals surface area contributed by atoms with Gasteiger partial charge in [-0.15, -0.1) is 11.8 Å². The van der Waals surface area contributed by atoms with Gasteiger partial charge in [0.15, 0.2) is 5.82 Å². The number of halogens is 1. The molecule has 3 rings (SSSR count). The summed E-state index contributed by atoms with van der Waals surface area (Å²) in [6.45, 7) is 0.268. The van der Waals surface area contributed by atoms with E-state index in [0.29, 0.717) is 16.1 Å². The van der Waals surface area contributed by atoms with Crippen LogP contribution in [0.3, 0.4) is 0 Å². The summed E-state index contributed by atoms with van der Waals surface area (Å²) in [5.41, 5.74) is 0.976. The molecule has 0 saturated heterocycles. The van der Waals surface area contributed by atoms with Crippen LogP contribution in [-0.4, -0.2) is 54.9 Å². The SMILES string of the molecule is CNS(=O)(=O)Nc1ncnc(OCCOc2ncc(SC)cn2)c1-c1ccc(Cl)cc1. The summed E-state index contributed by atoms with van der Waals surface area (Å²) in [5.74, 6) is 0.229. The lowest BCUT2D eigenvalue weighted by atomic mass is 10.1. The molecule has 0 fully saturated rings. The Morgan fingerprint density at radius 2 is 1.71 bits per heavy atom. The van der Waals surface area contributed by atoms with Gasteiger partial charge in [0.1, 0.15) is 19.5 Å². The molecule has 0 amide bonds. The second-order valence-corrected chi connectivity index (χ2v) is 8.76. The summed E-state index contributed by atoms with van der Waals surface area (Å²) in [4.78, 5) is 17.3. The fourth-order valence-corrected chi connectivity index (χ4v) is 3.32. The first-order valence-corrected chi connectivity index (χ1v) is 11.9. The molecular formula is C18H19ClN6O4S2. The Morgan fingerprint density at radius 3 is 2.35 bits per heavy atom. The quantitative estimate of drug-likeness (QED) is 0.331. The van der Waals surface area contributed by atoms with Gasteiger partial charge in [-0.1, -0.05) is 23.7 Å². The van der Waals surface area contributed by atoms with E-state index in [1.54, 1.807) is 36.7 Å². The Balaban J connectivity index is 1.79. The predicted octanol–water partition coefficient (Wildman–Crippen LogP) is 2.64. The fraction of sp³-hybridized carbons (Fsp3) is 0.222. The molecule has 10 nitrogen and oxygen atoms in total. The molecule has 0 aliphatic rings. The Hall–Kier alpha value is -2.67. The number of hydrogen-bond acceptors (Lipinski definition) is 9. The molecule has 1 aromatic carbocycles. The third-order valence-electron chi connectivity index (χ3n) is 3.84. The van der Waals surface area contributed by atoms with Gasteiger partial charge in [-0.3, -0.25) is 4.72 Å². The van der Waals surface area contributed by atoms with Crippen LogP contribution >= 0.6 is 23.4 Å². The molecule has 31 heavy (non-hydrogen) atoms. The summed E-state index contributed by atoms with van der Waals surface area (Å²) < 4.78 is 39.8. The van der Waals surface area contributed by atoms with Crippen molar-refractivity contribution in [1.29, 1.82) is 0 Å². The number of aromatic nitrogens is 4. The zero-order valence-corrected chi connectivity index (χ0v) is 19.0. The van der Waals surface area contributed by atoms with E-state index in [-0.39, 0.29) is 30.9 Å². The molecule has 0 aliphatic carbocycles. The number of rotatable bonds is 10. The number of nitrogens with zero attached hydrogens (tertiary/aromatic N) is 4. The van der Waals surface area contributed by atoms with E-state index in [4.69, 9.17) is 21.1 Å². The van der Waals surface area contributed by atoms with E-state index >= 15 is 0 Å². The first-order chi connectivity index (χ1) is 14.9. The summed E-state index contributed by atoms with van der Waals surface area (Å²) in [5, 5.41) is 0.529. The largest absolute Gasteiger partial charge is 0.473 e. The first kappa shape index (κ1) is 23.0. The Morgan fingerprint density at radius 1 is 1.03 bits per heavy atom. The van der Waals surface area contributed by atoms with Crippen molar-refractivity contribution in [3.05, 3.63) is 48.0 Å². The second-order valence-electron chi connectivity index (χ2n) is 5.82. The van der Waals surface area contributed by atoms with Crippen LogP contribution in [0, 0.1) is 0 Å². The molecule has 0 spiro atoms. The van der Waals surface area contributed by atoms with Crippen LogP contribution in [-0.2, 0) is 10.2 Å². The summed E-state index contributed by atoms with van der Waals surface area (Å²) >= 11 is 7.50. The van der Waals surface area contributed by atoms with Crippen molar-refractivity contribution < 1.29 is 17.9 Å². The van der Waals surface area contributed by atoms with Gasteiger partial charge >= 0.3 is 6.01 Å². The maximum absolute atomic E-state index is 12.0. The molecular weight excluding hydrogens is 464 g/mol. The molecule has 2 heterocycles. The molecule has 0 atom stereocenters. The average Bonchev–Trinajstić information content (AvgIpc) is 2.78. The highest BCUT2D eigenvalue weighted by atomic mass is 35.5. The molecule has 2 aromatic heterocycles. The minimum Gasteiger partial charge on any atom is -0.473 e. The van der Waals surface area contributed by atoms with Gasteiger partial charge in [0.2, 0.25) is 5.88 Å². The summed E-state index contributed by atoms with van der Waals surface area (Å²) in [6.07, 6.45) is 6.46. The zero-order valence-electron chi connectivity index (χ0n) is 16.6. The summed E-state index contributed by atoms with van der Waals surface area (Å²) in [7, 11) is -2.52. The van der Waals surface area contributed by atoms with Crippen LogP contribution < -0.4 is 18.9 Å². The van der Waals surface area contributed by atoms with Gasteiger partial charge in [0.05, 0.1) is 5.56 Å². The van der Waals surface area contributed by atoms with E-state index in [9.17, 15) is 8.42 Å². The minimum absolute atomic E-state index is 0.0542. The smallest absolute Gasteiger partial charge is 0.316 e. The van der Waals surface area contributed by atoms with Gasteiger partial charge < -0.3 is 9.47 Å². The topological polar surface area (TPSA) is 128 Å². The predicted molar refractivity (Wildman–Crippen MR) is 119 cm³/mol. The molecule has 164 valence electrons. The highest BCUT2D eigenvalue weighted by Gasteiger charge is 2.19. The standard InChI is InChI=1S/C18H19ClN6O4S2/c1-20-31(26,27)25-16-15(12-3-5-13(19)6-4-12)17(24-11-23-16)28-7-8-29-18-21-9-14(30-2)10-22-18/h3-6,9-11,20H,7-8H2,1-2H3,(H,23,24,25). The number of anilines is 1. The average molecular weight is 483 g/mol. The van der Waals surface area contributed by atoms with E-state index in [0.717, 1.165) is 4.90 Å². The number of hydrogen-bond donors (Lipinski definition) is 2. The van der Waals surface area contributed by atoms with Crippen molar-refractivity contribution in [3.8, 4) is 23.0 Å². The van der Waals surface area contributed by atoms with Crippen molar-refractivity contribution in [2.45, 2.75) is 4.90 Å². The molecule has 0 radical (unpaired) electrons. The number of thioether (sulfide) groups is 1. The van der Waals surface area contributed by atoms with Gasteiger partial charge in [-0.2, -0.15) is 8.42 Å². The van der Waals surface area contributed by atoms with Crippen LogP contribution in [0.15, 0.2) is 47.9 Å². The van der Waals surface area contributed by atoms with Gasteiger partial charge in [-0.25, -0.2) is 24.7 Å². The molecule has 0 unspecified atom stereocenters. The molecule has 2 N–H and O–H groups in total. The van der Waals surface area contributed by atoms with Crippen molar-refractivity contribution in [2.24, 2.45) is 0 Å². The molecule has 13 heteroatoms. The van der Waals surface area contributed by atoms with Gasteiger partial charge in [-0.05, 0) is 24.0 Å². The number of nitrogens with one attached hydrogen (secondary N) is 2. The monoisotopic (exact) mass is 482 g/mol. The van der Waals surface area contributed by atoms with E-state index < -0.39 is 10.2 Å². The molecule has 0 saturated carbocycles. The maximum Gasteiger partial charge on any atom is 0.316 e. The van der Waals surface area contributed by atoms with Crippen molar-refractivity contribution in [1.82, 2.24) is 24.7 Å². The van der Waals surface area contributed by atoms with E-state index in [2.05, 4.69) is 29.4 Å². The normalized spacial score (nSPS) is 11.2. The highest BCUT2D eigenvalue weighted by molar-refractivity contribution is 7.98. The maximum atomic E-state index is 12.0. The number of ether oxygens (including phenoxy) is 2. The zero-order chi connectivity index (χ0) is 22.3. The Kier molecular flexibility index (Phi) is 7.85. The second kappa shape index (κ2) is 10.6. The fourth-order valence-electron chi connectivity index (χ4n) is 2.37. The third kappa shape index (κ3) is 6.40. The summed E-state index contributed by atoms with van der Waals surface area (Å²) in [6, 6.07) is 6.99. The Labute approximate surface area is 189 Å².